The van der Waals surface area contributed by atoms with E-state index in [1.807, 2.05) is 6.07 Å². The van der Waals surface area contributed by atoms with Gasteiger partial charge in [-0.15, -0.1) is 0 Å². The largest absolute Gasteiger partial charge is 0.244 e. The molecule has 2 heterocycles. The molecule has 0 saturated carbocycles. The fourth-order valence-electron chi connectivity index (χ4n) is 1.70. The van der Waals surface area contributed by atoms with E-state index in [0.29, 0.717) is 11.8 Å². The topological polar surface area (TPSA) is 82.8 Å². The average molecular weight is 283 g/mol. The monoisotopic (exact) mass is 283 g/mol. The number of nitriles is 1. The molecule has 1 aliphatic heterocycles. The molecule has 0 aromatic carbocycles. The van der Waals surface area contributed by atoms with Crippen molar-refractivity contribution >= 4 is 21.8 Å². The molecule has 1 aliphatic rings. The summed E-state index contributed by atoms with van der Waals surface area (Å²) in [5.74, 6) is 1.10. The maximum Gasteiger partial charge on any atom is 0.242 e. The Labute approximate surface area is 111 Å². The summed E-state index contributed by atoms with van der Waals surface area (Å²) in [5.41, 5.74) is 0.209. The Kier molecular flexibility index (Phi) is 4.22. The molecule has 0 spiro atoms. The number of nitrogens with one attached hydrogen (secondary N) is 1. The maximum atomic E-state index is 11.9. The number of hydrogen-bond donors (Lipinski definition) is 1. The van der Waals surface area contributed by atoms with Crippen LogP contribution >= 0.6 is 11.8 Å². The van der Waals surface area contributed by atoms with Gasteiger partial charge in [-0.1, -0.05) is 0 Å². The van der Waals surface area contributed by atoms with Crippen LogP contribution in [0, 0.1) is 11.3 Å². The van der Waals surface area contributed by atoms with Gasteiger partial charge in [-0.05, 0) is 30.7 Å². The van der Waals surface area contributed by atoms with Gasteiger partial charge < -0.3 is 0 Å². The number of pyridine rings is 1. The van der Waals surface area contributed by atoms with Gasteiger partial charge in [-0.2, -0.15) is 17.0 Å². The molecule has 0 radical (unpaired) electrons. The summed E-state index contributed by atoms with van der Waals surface area (Å²) in [5, 5.41) is 8.96. The van der Waals surface area contributed by atoms with E-state index in [-0.39, 0.29) is 10.6 Å². The first-order valence-corrected chi connectivity index (χ1v) is 8.12. The van der Waals surface area contributed by atoms with Gasteiger partial charge in [0.1, 0.15) is 16.7 Å². The second kappa shape index (κ2) is 5.69. The Morgan fingerprint density at radius 3 is 2.94 bits per heavy atom. The molecule has 1 fully saturated rings. The molecule has 2 rings (SSSR count). The number of rotatable bonds is 4. The van der Waals surface area contributed by atoms with Crippen molar-refractivity contribution in [2.75, 3.05) is 12.3 Å². The molecular formula is C11H13N3O2S2. The smallest absolute Gasteiger partial charge is 0.242 e. The SMILES string of the molecule is N#Cc1ccc(S(=O)(=O)NCC2CCCS2)cn1. The van der Waals surface area contributed by atoms with Gasteiger partial charge in [-0.3, -0.25) is 0 Å². The van der Waals surface area contributed by atoms with Crippen LogP contribution in [0.15, 0.2) is 23.2 Å². The first kappa shape index (κ1) is 13.3. The maximum absolute atomic E-state index is 11.9. The van der Waals surface area contributed by atoms with Crippen LogP contribution in [0.2, 0.25) is 0 Å². The van der Waals surface area contributed by atoms with Crippen LogP contribution in [-0.4, -0.2) is 30.9 Å². The second-order valence-corrected chi connectivity index (χ2v) is 7.15. The molecule has 1 aromatic heterocycles. The van der Waals surface area contributed by atoms with Gasteiger partial charge in [0, 0.05) is 18.0 Å². The molecule has 7 heteroatoms. The van der Waals surface area contributed by atoms with Gasteiger partial charge in [0.2, 0.25) is 10.0 Å². The number of thioether (sulfide) groups is 1. The third-order valence-electron chi connectivity index (χ3n) is 2.69. The van der Waals surface area contributed by atoms with Crippen LogP contribution < -0.4 is 4.72 Å². The third-order valence-corrected chi connectivity index (χ3v) is 5.49. The molecule has 0 amide bonds. The van der Waals surface area contributed by atoms with Crippen LogP contribution in [0.1, 0.15) is 18.5 Å². The highest BCUT2D eigenvalue weighted by Gasteiger charge is 2.20. The van der Waals surface area contributed by atoms with Crippen molar-refractivity contribution in [3.63, 3.8) is 0 Å². The average Bonchev–Trinajstić information content (AvgIpc) is 2.90. The van der Waals surface area contributed by atoms with Crippen molar-refractivity contribution in [2.45, 2.75) is 23.0 Å². The molecule has 1 saturated heterocycles. The normalized spacial score (nSPS) is 19.6. The molecule has 1 aromatic rings. The summed E-state index contributed by atoms with van der Waals surface area (Å²) in [7, 11) is -3.51. The van der Waals surface area contributed by atoms with E-state index in [9.17, 15) is 8.42 Å². The molecule has 18 heavy (non-hydrogen) atoms. The Balaban J connectivity index is 2.02. The molecule has 96 valence electrons. The van der Waals surface area contributed by atoms with E-state index >= 15 is 0 Å². The van der Waals surface area contributed by atoms with Crippen molar-refractivity contribution in [1.29, 1.82) is 5.26 Å². The van der Waals surface area contributed by atoms with Crippen molar-refractivity contribution in [3.8, 4) is 6.07 Å². The highest BCUT2D eigenvalue weighted by atomic mass is 32.2. The zero-order chi connectivity index (χ0) is 13.0. The Morgan fingerprint density at radius 1 is 1.56 bits per heavy atom. The predicted octanol–water partition coefficient (Wildman–Crippen LogP) is 1.13. The summed E-state index contributed by atoms with van der Waals surface area (Å²) in [6.45, 7) is 0.451. The molecule has 1 N–H and O–H groups in total. The number of hydrogen-bond acceptors (Lipinski definition) is 5. The van der Waals surface area contributed by atoms with Gasteiger partial charge >= 0.3 is 0 Å². The molecule has 1 unspecified atom stereocenters. The van der Waals surface area contributed by atoms with Crippen LogP contribution in [0.4, 0.5) is 0 Å². The summed E-state index contributed by atoms with van der Waals surface area (Å²) < 4.78 is 26.5. The van der Waals surface area contributed by atoms with Crippen LogP contribution in [0.5, 0.6) is 0 Å². The number of sulfonamides is 1. The van der Waals surface area contributed by atoms with Crippen LogP contribution in [0.3, 0.4) is 0 Å². The van der Waals surface area contributed by atoms with Crippen LogP contribution in [-0.2, 0) is 10.0 Å². The predicted molar refractivity (Wildman–Crippen MR) is 69.6 cm³/mol. The highest BCUT2D eigenvalue weighted by molar-refractivity contribution is 8.00. The lowest BCUT2D eigenvalue weighted by molar-refractivity contribution is 0.578. The minimum atomic E-state index is -3.51. The summed E-state index contributed by atoms with van der Waals surface area (Å²) >= 11 is 1.80. The molecule has 1 atom stereocenters. The van der Waals surface area contributed by atoms with Gasteiger partial charge in [0.15, 0.2) is 0 Å². The highest BCUT2D eigenvalue weighted by Crippen LogP contribution is 2.25. The second-order valence-electron chi connectivity index (χ2n) is 3.98. The summed E-state index contributed by atoms with van der Waals surface area (Å²) in [4.78, 5) is 3.86. The number of aromatic nitrogens is 1. The van der Waals surface area contributed by atoms with Crippen molar-refractivity contribution in [2.24, 2.45) is 0 Å². The fraction of sp³-hybridized carbons (Fsp3) is 0.455. The molecule has 0 bridgehead atoms. The van der Waals surface area contributed by atoms with E-state index in [0.717, 1.165) is 18.6 Å². The Morgan fingerprint density at radius 2 is 2.39 bits per heavy atom. The van der Waals surface area contributed by atoms with E-state index in [1.54, 1.807) is 11.8 Å². The summed E-state index contributed by atoms with van der Waals surface area (Å²) in [6.07, 6.45) is 3.41. The van der Waals surface area contributed by atoms with Gasteiger partial charge in [0.25, 0.3) is 0 Å². The fourth-order valence-corrected chi connectivity index (χ4v) is 4.03. The minimum absolute atomic E-state index is 0.101. The van der Waals surface area contributed by atoms with E-state index < -0.39 is 10.0 Å². The lowest BCUT2D eigenvalue weighted by Gasteiger charge is -2.10. The third kappa shape index (κ3) is 3.22. The molecule has 0 aliphatic carbocycles. The standard InChI is InChI=1S/C11H13N3O2S2/c12-6-9-3-4-11(8-13-9)18(15,16)14-7-10-2-1-5-17-10/h3-4,8,10,14H,1-2,5,7H2. The minimum Gasteiger partial charge on any atom is -0.244 e. The lowest BCUT2D eigenvalue weighted by Crippen LogP contribution is -2.29. The van der Waals surface area contributed by atoms with Crippen LogP contribution in [0.25, 0.3) is 0 Å². The van der Waals surface area contributed by atoms with E-state index in [2.05, 4.69) is 9.71 Å². The van der Waals surface area contributed by atoms with Gasteiger partial charge in [-0.25, -0.2) is 18.1 Å². The molecular weight excluding hydrogens is 270 g/mol. The number of nitrogens with zero attached hydrogens (tertiary/aromatic N) is 2. The van der Waals surface area contributed by atoms with Crippen molar-refractivity contribution in [1.82, 2.24) is 9.71 Å². The Bertz CT molecular complexity index is 543. The Hall–Kier alpha value is -1.10. The quantitative estimate of drug-likeness (QED) is 0.895. The first-order valence-electron chi connectivity index (χ1n) is 5.59. The van der Waals surface area contributed by atoms with E-state index in [1.165, 1.54) is 18.3 Å². The summed E-state index contributed by atoms with van der Waals surface area (Å²) in [6, 6.07) is 4.65. The zero-order valence-corrected chi connectivity index (χ0v) is 11.3. The van der Waals surface area contributed by atoms with Crippen molar-refractivity contribution < 1.29 is 8.42 Å². The van der Waals surface area contributed by atoms with E-state index in [4.69, 9.17) is 5.26 Å². The molecule has 5 nitrogen and oxygen atoms in total. The first-order chi connectivity index (χ1) is 8.62. The van der Waals surface area contributed by atoms with Gasteiger partial charge in [0.05, 0.1) is 0 Å². The lowest BCUT2D eigenvalue weighted by atomic mass is 10.2. The zero-order valence-electron chi connectivity index (χ0n) is 9.67. The van der Waals surface area contributed by atoms with Crippen molar-refractivity contribution in [3.05, 3.63) is 24.0 Å².